The van der Waals surface area contributed by atoms with Gasteiger partial charge in [0.05, 0.1) is 5.56 Å². The van der Waals surface area contributed by atoms with Crippen molar-refractivity contribution in [1.82, 2.24) is 0 Å². The van der Waals surface area contributed by atoms with Crippen molar-refractivity contribution in [3.63, 3.8) is 0 Å². The number of phenols is 1. The first kappa shape index (κ1) is 9.66. The molecule has 0 saturated heterocycles. The fourth-order valence-corrected chi connectivity index (χ4v) is 0.604. The van der Waals surface area contributed by atoms with Crippen LogP contribution >= 0.6 is 0 Å². The zero-order valence-corrected chi connectivity index (χ0v) is 5.11. The number of hydrogen-bond acceptors (Lipinski definition) is 2. The standard InChI is InChI=1S/C7H6O3.Be.2H/c8-6-3-1-5(2-4-6)7(9)10;;;/h1-4,8H,(H,9,10);;;. The Balaban J connectivity index is 0.000001000. The molecule has 0 heterocycles. The van der Waals surface area contributed by atoms with E-state index in [1.807, 2.05) is 0 Å². The Bertz CT molecular complexity index is 242. The average molecular weight is 149 g/mol. The van der Waals surface area contributed by atoms with Crippen molar-refractivity contribution >= 4 is 16.1 Å². The Morgan fingerprint density at radius 1 is 1.18 bits per heavy atom. The molecule has 0 aliphatic carbocycles. The zero-order chi connectivity index (χ0) is 7.56. The predicted octanol–water partition coefficient (Wildman–Crippen LogP) is 0.174. The summed E-state index contributed by atoms with van der Waals surface area (Å²) in [6.07, 6.45) is 0. The Hall–Kier alpha value is -1.34. The van der Waals surface area contributed by atoms with Crippen molar-refractivity contribution in [2.24, 2.45) is 0 Å². The van der Waals surface area contributed by atoms with E-state index in [4.69, 9.17) is 10.2 Å². The van der Waals surface area contributed by atoms with E-state index in [-0.39, 0.29) is 21.4 Å². The van der Waals surface area contributed by atoms with Crippen LogP contribution in [0, 0.1) is 0 Å². The summed E-state index contributed by atoms with van der Waals surface area (Å²) in [5.74, 6) is -0.912. The van der Waals surface area contributed by atoms with Crippen molar-refractivity contribution in [2.45, 2.75) is 0 Å². The maximum absolute atomic E-state index is 10.2. The average Bonchev–Trinajstić information content (AvgIpc) is 1.88. The summed E-state index contributed by atoms with van der Waals surface area (Å²) in [6.45, 7) is 0. The van der Waals surface area contributed by atoms with Gasteiger partial charge in [0, 0.05) is 0 Å². The van der Waals surface area contributed by atoms with Crippen molar-refractivity contribution in [3.8, 4) is 5.75 Å². The van der Waals surface area contributed by atoms with E-state index < -0.39 is 5.97 Å². The number of carboxylic acid groups (broad SMARTS) is 1. The third-order valence-corrected chi connectivity index (χ3v) is 1.11. The number of rotatable bonds is 1. The molecule has 1 aromatic rings. The molecule has 0 aromatic heterocycles. The summed E-state index contributed by atoms with van der Waals surface area (Å²) >= 11 is 0. The summed E-state index contributed by atoms with van der Waals surface area (Å²) in [4.78, 5) is 10.2. The van der Waals surface area contributed by atoms with Gasteiger partial charge < -0.3 is 10.2 Å². The molecule has 0 saturated carbocycles. The number of carbonyl (C=O) groups is 1. The van der Waals surface area contributed by atoms with E-state index in [0.717, 1.165) is 0 Å². The first-order valence-electron chi connectivity index (χ1n) is 2.72. The van der Waals surface area contributed by atoms with Crippen LogP contribution in [0.2, 0.25) is 0 Å². The van der Waals surface area contributed by atoms with E-state index in [9.17, 15) is 4.79 Å². The van der Waals surface area contributed by atoms with Crippen LogP contribution in [0.5, 0.6) is 5.75 Å². The predicted molar refractivity (Wildman–Crippen MR) is 43.6 cm³/mol. The van der Waals surface area contributed by atoms with E-state index in [0.29, 0.717) is 0 Å². The van der Waals surface area contributed by atoms with Crippen LogP contribution in [0.15, 0.2) is 24.3 Å². The van der Waals surface area contributed by atoms with Crippen LogP contribution in [0.3, 0.4) is 0 Å². The Morgan fingerprint density at radius 2 is 1.64 bits per heavy atom. The third kappa shape index (κ3) is 2.40. The molecular weight excluding hydrogens is 141 g/mol. The second-order valence-corrected chi connectivity index (χ2v) is 1.85. The fourth-order valence-electron chi connectivity index (χ4n) is 0.604. The number of carboxylic acids is 1. The minimum atomic E-state index is -0.986. The van der Waals surface area contributed by atoms with Crippen LogP contribution in [0.1, 0.15) is 10.4 Å². The number of aromatic hydroxyl groups is 1. The second-order valence-electron chi connectivity index (χ2n) is 1.85. The van der Waals surface area contributed by atoms with Gasteiger partial charge in [0.25, 0.3) is 0 Å². The molecule has 0 fully saturated rings. The van der Waals surface area contributed by atoms with Gasteiger partial charge in [-0.15, -0.1) is 0 Å². The van der Waals surface area contributed by atoms with E-state index in [2.05, 4.69) is 0 Å². The normalized spacial score (nSPS) is 8.36. The van der Waals surface area contributed by atoms with Gasteiger partial charge in [-0.2, -0.15) is 0 Å². The van der Waals surface area contributed by atoms with Gasteiger partial charge in [-0.1, -0.05) is 0 Å². The Labute approximate surface area is 67.5 Å². The van der Waals surface area contributed by atoms with Crippen LogP contribution in [-0.4, -0.2) is 26.3 Å². The summed E-state index contributed by atoms with van der Waals surface area (Å²) < 4.78 is 0. The van der Waals surface area contributed by atoms with E-state index in [1.54, 1.807) is 0 Å². The number of benzene rings is 1. The zero-order valence-electron chi connectivity index (χ0n) is 5.11. The number of hydrogen-bond donors (Lipinski definition) is 2. The SMILES string of the molecule is O=C(O)c1ccc(O)cc1.[BeH2]. The molecule has 1 aromatic carbocycles. The molecule has 0 radical (unpaired) electrons. The summed E-state index contributed by atoms with van der Waals surface area (Å²) in [7, 11) is 0. The molecule has 11 heavy (non-hydrogen) atoms. The quantitative estimate of drug-likeness (QED) is 0.560. The number of aromatic carboxylic acids is 1. The Kier molecular flexibility index (Phi) is 3.28. The molecule has 0 aliphatic heterocycles. The molecule has 2 N–H and O–H groups in total. The Morgan fingerprint density at radius 3 is 2.00 bits per heavy atom. The van der Waals surface area contributed by atoms with Gasteiger partial charge in [-0.05, 0) is 24.3 Å². The maximum atomic E-state index is 10.2. The van der Waals surface area contributed by atoms with Gasteiger partial charge >= 0.3 is 16.1 Å². The van der Waals surface area contributed by atoms with Crippen molar-refractivity contribution < 1.29 is 15.0 Å². The number of phenolic OH excluding ortho intramolecular Hbond substituents is 1. The van der Waals surface area contributed by atoms with E-state index in [1.165, 1.54) is 24.3 Å². The first-order chi connectivity index (χ1) is 4.70. The summed E-state index contributed by atoms with van der Waals surface area (Å²) in [5, 5.41) is 17.1. The molecule has 0 unspecified atom stereocenters. The van der Waals surface area contributed by atoms with Crippen molar-refractivity contribution in [2.75, 3.05) is 0 Å². The van der Waals surface area contributed by atoms with Crippen LogP contribution in [0.4, 0.5) is 0 Å². The fraction of sp³-hybridized carbons (Fsp3) is 0. The molecule has 56 valence electrons. The van der Waals surface area contributed by atoms with Gasteiger partial charge in [0.15, 0.2) is 0 Å². The van der Waals surface area contributed by atoms with Gasteiger partial charge in [-0.3, -0.25) is 0 Å². The topological polar surface area (TPSA) is 57.5 Å². The molecule has 0 spiro atoms. The van der Waals surface area contributed by atoms with Crippen molar-refractivity contribution in [1.29, 1.82) is 0 Å². The van der Waals surface area contributed by atoms with Gasteiger partial charge in [0.1, 0.15) is 5.75 Å². The molecule has 0 atom stereocenters. The first-order valence-corrected chi connectivity index (χ1v) is 2.72. The molecule has 1 rings (SSSR count). The van der Waals surface area contributed by atoms with E-state index >= 15 is 0 Å². The monoisotopic (exact) mass is 149 g/mol. The van der Waals surface area contributed by atoms with Crippen LogP contribution < -0.4 is 0 Å². The molecule has 4 heteroatoms. The molecule has 0 bridgehead atoms. The third-order valence-electron chi connectivity index (χ3n) is 1.11. The molecule has 0 aliphatic rings. The van der Waals surface area contributed by atoms with Gasteiger partial charge in [0.2, 0.25) is 0 Å². The minimum absolute atomic E-state index is 0. The molecule has 3 nitrogen and oxygen atoms in total. The van der Waals surface area contributed by atoms with Crippen LogP contribution in [0.25, 0.3) is 0 Å². The summed E-state index contributed by atoms with van der Waals surface area (Å²) in [5.41, 5.74) is 0.179. The second kappa shape index (κ2) is 3.74. The van der Waals surface area contributed by atoms with Crippen molar-refractivity contribution in [3.05, 3.63) is 29.8 Å². The summed E-state index contributed by atoms with van der Waals surface area (Å²) in [6, 6.07) is 5.36. The van der Waals surface area contributed by atoms with Crippen LogP contribution in [-0.2, 0) is 0 Å². The molecule has 0 amide bonds. The van der Waals surface area contributed by atoms with Gasteiger partial charge in [-0.25, -0.2) is 4.79 Å². The molecular formula is C7H8BeO3.